The smallest absolute Gasteiger partial charge is 0.0815 e. The summed E-state index contributed by atoms with van der Waals surface area (Å²) in [6.45, 7) is 5.16. The molecule has 23 heavy (non-hydrogen) atoms. The molecule has 0 bridgehead atoms. The Labute approximate surface area is 139 Å². The molecular formula is C19H29NO3. The molecule has 4 nitrogen and oxygen atoms in total. The molecule has 1 fully saturated rings. The number of aliphatic hydroxyl groups is 3. The predicted octanol–water partition coefficient (Wildman–Crippen LogP) is 2.39. The lowest BCUT2D eigenvalue weighted by Crippen LogP contribution is -2.39. The van der Waals surface area contributed by atoms with Crippen molar-refractivity contribution in [2.24, 2.45) is 0 Å². The summed E-state index contributed by atoms with van der Waals surface area (Å²) in [5, 5.41) is 29.7. The largest absolute Gasteiger partial charge is 0.392 e. The van der Waals surface area contributed by atoms with Crippen LogP contribution in [0.3, 0.4) is 0 Å². The van der Waals surface area contributed by atoms with E-state index in [0.29, 0.717) is 19.0 Å². The lowest BCUT2D eigenvalue weighted by atomic mass is 10.0. The van der Waals surface area contributed by atoms with E-state index in [1.54, 1.807) is 24.3 Å². The van der Waals surface area contributed by atoms with Crippen molar-refractivity contribution in [2.45, 2.75) is 57.0 Å². The molecule has 2 atom stereocenters. The van der Waals surface area contributed by atoms with E-state index < -0.39 is 12.2 Å². The maximum absolute atomic E-state index is 10.4. The SMILES string of the molecule is C=CCN(C[C@H](O)C[C@H](O)c1ccc(CO)cc1)C1CCCC1. The molecule has 128 valence electrons. The fraction of sp³-hybridized carbons (Fsp3) is 0.579. The molecule has 0 aliphatic heterocycles. The molecule has 1 saturated carbocycles. The second-order valence-electron chi connectivity index (χ2n) is 6.49. The van der Waals surface area contributed by atoms with Crippen LogP contribution in [0.4, 0.5) is 0 Å². The van der Waals surface area contributed by atoms with Gasteiger partial charge in [-0.3, -0.25) is 4.90 Å². The summed E-state index contributed by atoms with van der Waals surface area (Å²) in [6, 6.07) is 7.74. The van der Waals surface area contributed by atoms with E-state index in [-0.39, 0.29) is 6.61 Å². The summed E-state index contributed by atoms with van der Waals surface area (Å²) in [6.07, 6.45) is 5.84. The lowest BCUT2D eigenvalue weighted by molar-refractivity contribution is 0.0457. The molecule has 0 radical (unpaired) electrons. The second-order valence-corrected chi connectivity index (χ2v) is 6.49. The Kier molecular flexibility index (Phi) is 7.24. The summed E-state index contributed by atoms with van der Waals surface area (Å²) >= 11 is 0. The quantitative estimate of drug-likeness (QED) is 0.612. The van der Waals surface area contributed by atoms with E-state index in [1.165, 1.54) is 25.7 Å². The monoisotopic (exact) mass is 319 g/mol. The van der Waals surface area contributed by atoms with Gasteiger partial charge in [0.15, 0.2) is 0 Å². The number of rotatable bonds is 9. The van der Waals surface area contributed by atoms with Crippen LogP contribution in [0.15, 0.2) is 36.9 Å². The number of aliphatic hydroxyl groups excluding tert-OH is 3. The van der Waals surface area contributed by atoms with Crippen LogP contribution in [0.2, 0.25) is 0 Å². The van der Waals surface area contributed by atoms with Gasteiger partial charge in [-0.15, -0.1) is 6.58 Å². The van der Waals surface area contributed by atoms with Gasteiger partial charge in [0.25, 0.3) is 0 Å². The van der Waals surface area contributed by atoms with Gasteiger partial charge in [0.1, 0.15) is 0 Å². The molecule has 1 aliphatic rings. The Bertz CT molecular complexity index is 468. The van der Waals surface area contributed by atoms with E-state index in [4.69, 9.17) is 5.11 Å². The standard InChI is InChI=1S/C19H29NO3/c1-2-11-20(17-5-3-4-6-17)13-18(22)12-19(23)16-9-7-15(14-21)8-10-16/h2,7-10,17-19,21-23H,1,3-6,11-14H2/t18-,19+/m1/s1. The van der Waals surface area contributed by atoms with Gasteiger partial charge in [-0.2, -0.15) is 0 Å². The number of nitrogens with zero attached hydrogens (tertiary/aromatic N) is 1. The molecule has 3 N–H and O–H groups in total. The van der Waals surface area contributed by atoms with Crippen LogP contribution in [0.25, 0.3) is 0 Å². The average molecular weight is 319 g/mol. The molecule has 1 aliphatic carbocycles. The molecule has 1 aromatic carbocycles. The zero-order valence-electron chi connectivity index (χ0n) is 13.8. The topological polar surface area (TPSA) is 63.9 Å². The van der Waals surface area contributed by atoms with Crippen LogP contribution >= 0.6 is 0 Å². The first kappa shape index (κ1) is 18.1. The van der Waals surface area contributed by atoms with E-state index in [0.717, 1.165) is 17.7 Å². The van der Waals surface area contributed by atoms with Gasteiger partial charge < -0.3 is 15.3 Å². The number of hydrogen-bond acceptors (Lipinski definition) is 4. The van der Waals surface area contributed by atoms with Crippen LogP contribution < -0.4 is 0 Å². The molecule has 4 heteroatoms. The lowest BCUT2D eigenvalue weighted by Gasteiger charge is -2.30. The summed E-state index contributed by atoms with van der Waals surface area (Å²) < 4.78 is 0. The minimum Gasteiger partial charge on any atom is -0.392 e. The highest BCUT2D eigenvalue weighted by Crippen LogP contribution is 2.25. The molecule has 0 unspecified atom stereocenters. The summed E-state index contributed by atoms with van der Waals surface area (Å²) in [5.41, 5.74) is 1.59. The van der Waals surface area contributed by atoms with Crippen LogP contribution in [0.1, 0.15) is 49.3 Å². The summed E-state index contributed by atoms with van der Waals surface area (Å²) in [5.74, 6) is 0. The van der Waals surface area contributed by atoms with Gasteiger partial charge in [0, 0.05) is 25.6 Å². The fourth-order valence-electron chi connectivity index (χ4n) is 3.39. The first-order chi connectivity index (χ1) is 11.1. The van der Waals surface area contributed by atoms with Crippen molar-refractivity contribution >= 4 is 0 Å². The third-order valence-corrected chi connectivity index (χ3v) is 4.69. The average Bonchev–Trinajstić information content (AvgIpc) is 3.09. The van der Waals surface area contributed by atoms with Crippen LogP contribution in [0, 0.1) is 0 Å². The van der Waals surface area contributed by atoms with Crippen LogP contribution in [-0.4, -0.2) is 45.5 Å². The van der Waals surface area contributed by atoms with Crippen molar-refractivity contribution in [3.05, 3.63) is 48.0 Å². The third kappa shape index (κ3) is 5.43. The zero-order valence-corrected chi connectivity index (χ0v) is 13.8. The van der Waals surface area contributed by atoms with Crippen molar-refractivity contribution in [1.29, 1.82) is 0 Å². The minimum atomic E-state index is -0.688. The van der Waals surface area contributed by atoms with Crippen molar-refractivity contribution in [3.8, 4) is 0 Å². The highest BCUT2D eigenvalue weighted by Gasteiger charge is 2.24. The Morgan fingerprint density at radius 1 is 1.17 bits per heavy atom. The van der Waals surface area contributed by atoms with Gasteiger partial charge in [0.05, 0.1) is 18.8 Å². The molecule has 0 aromatic heterocycles. The van der Waals surface area contributed by atoms with Gasteiger partial charge in [-0.1, -0.05) is 43.2 Å². The Morgan fingerprint density at radius 3 is 2.39 bits per heavy atom. The zero-order chi connectivity index (χ0) is 16.7. The van der Waals surface area contributed by atoms with Gasteiger partial charge in [-0.25, -0.2) is 0 Å². The first-order valence-corrected chi connectivity index (χ1v) is 8.54. The van der Waals surface area contributed by atoms with Gasteiger partial charge in [0.2, 0.25) is 0 Å². The Balaban J connectivity index is 1.88. The number of hydrogen-bond donors (Lipinski definition) is 3. The van der Waals surface area contributed by atoms with Gasteiger partial charge in [-0.05, 0) is 24.0 Å². The normalized spacial score (nSPS) is 18.3. The highest BCUT2D eigenvalue weighted by atomic mass is 16.3. The molecule has 1 aromatic rings. The Hall–Kier alpha value is -1.20. The molecule has 0 heterocycles. The van der Waals surface area contributed by atoms with Crippen molar-refractivity contribution in [3.63, 3.8) is 0 Å². The highest BCUT2D eigenvalue weighted by molar-refractivity contribution is 5.23. The summed E-state index contributed by atoms with van der Waals surface area (Å²) in [7, 11) is 0. The maximum atomic E-state index is 10.4. The minimum absolute atomic E-state index is 0.00307. The molecule has 0 spiro atoms. The first-order valence-electron chi connectivity index (χ1n) is 8.54. The Morgan fingerprint density at radius 2 is 1.83 bits per heavy atom. The van der Waals surface area contributed by atoms with Crippen LogP contribution in [-0.2, 0) is 6.61 Å². The predicted molar refractivity (Wildman–Crippen MR) is 92.0 cm³/mol. The molecular weight excluding hydrogens is 290 g/mol. The number of benzene rings is 1. The third-order valence-electron chi connectivity index (χ3n) is 4.69. The van der Waals surface area contributed by atoms with Gasteiger partial charge >= 0.3 is 0 Å². The molecule has 0 saturated heterocycles. The summed E-state index contributed by atoms with van der Waals surface area (Å²) in [4.78, 5) is 2.28. The maximum Gasteiger partial charge on any atom is 0.0815 e. The molecule has 0 amide bonds. The fourth-order valence-corrected chi connectivity index (χ4v) is 3.39. The second kappa shape index (κ2) is 9.18. The van der Waals surface area contributed by atoms with Crippen LogP contribution in [0.5, 0.6) is 0 Å². The van der Waals surface area contributed by atoms with Crippen molar-refractivity contribution in [2.75, 3.05) is 13.1 Å². The van der Waals surface area contributed by atoms with E-state index in [9.17, 15) is 10.2 Å². The van der Waals surface area contributed by atoms with E-state index in [2.05, 4.69) is 11.5 Å². The van der Waals surface area contributed by atoms with E-state index >= 15 is 0 Å². The van der Waals surface area contributed by atoms with Crippen molar-refractivity contribution in [1.82, 2.24) is 4.90 Å². The van der Waals surface area contributed by atoms with E-state index in [1.807, 2.05) is 6.08 Å². The van der Waals surface area contributed by atoms with Crippen molar-refractivity contribution < 1.29 is 15.3 Å². The molecule has 2 rings (SSSR count).